The fraction of sp³-hybridized carbons (Fsp3) is 0.600. The zero-order valence-electron chi connectivity index (χ0n) is 13.7. The smallest absolute Gasteiger partial charge is 0.254 e. The number of sulfonamides is 1. The number of carbonyl (C=O) groups is 1. The number of aromatic nitrogens is 1. The van der Waals surface area contributed by atoms with Crippen molar-refractivity contribution in [1.29, 1.82) is 0 Å². The van der Waals surface area contributed by atoms with Gasteiger partial charge >= 0.3 is 0 Å². The minimum Gasteiger partial charge on any atom is -0.355 e. The van der Waals surface area contributed by atoms with Crippen molar-refractivity contribution < 1.29 is 13.2 Å². The Hall–Kier alpha value is -1.67. The van der Waals surface area contributed by atoms with Crippen LogP contribution in [0.1, 0.15) is 30.1 Å². The predicted molar refractivity (Wildman–Crippen MR) is 90.0 cm³/mol. The molecule has 8 heteroatoms. The van der Waals surface area contributed by atoms with E-state index in [9.17, 15) is 13.2 Å². The van der Waals surface area contributed by atoms with Gasteiger partial charge in [0.05, 0.1) is 11.8 Å². The molecule has 0 unspecified atom stereocenters. The highest BCUT2D eigenvalue weighted by Gasteiger charge is 2.35. The Balaban J connectivity index is 2.26. The molecule has 2 N–H and O–H groups in total. The molecule has 128 valence electrons. The first-order valence-corrected chi connectivity index (χ1v) is 9.64. The van der Waals surface area contributed by atoms with Gasteiger partial charge in [0.1, 0.15) is 5.82 Å². The Labute approximate surface area is 137 Å². The molecule has 1 aliphatic heterocycles. The third-order valence-electron chi connectivity index (χ3n) is 4.02. The molecule has 0 aromatic carbocycles. The number of nitrogens with one attached hydrogen (secondary N) is 2. The minimum atomic E-state index is -3.27. The second-order valence-corrected chi connectivity index (χ2v) is 7.68. The Morgan fingerprint density at radius 2 is 2.17 bits per heavy atom. The number of hydrogen-bond acceptors (Lipinski definition) is 5. The normalized spacial score (nSPS) is 21.4. The van der Waals surface area contributed by atoms with Crippen molar-refractivity contribution in [3.63, 3.8) is 0 Å². The van der Waals surface area contributed by atoms with Crippen LogP contribution in [0.2, 0.25) is 0 Å². The summed E-state index contributed by atoms with van der Waals surface area (Å²) in [5, 5.41) is 2.61. The van der Waals surface area contributed by atoms with Crippen LogP contribution in [0, 0.1) is 5.92 Å². The molecule has 1 amide bonds. The van der Waals surface area contributed by atoms with Crippen LogP contribution in [0.4, 0.5) is 5.82 Å². The summed E-state index contributed by atoms with van der Waals surface area (Å²) in [6, 6.07) is 3.29. The van der Waals surface area contributed by atoms with Crippen molar-refractivity contribution in [2.24, 2.45) is 5.92 Å². The van der Waals surface area contributed by atoms with E-state index in [-0.39, 0.29) is 17.9 Å². The summed E-state index contributed by atoms with van der Waals surface area (Å²) >= 11 is 0. The summed E-state index contributed by atoms with van der Waals surface area (Å²) in [5.41, 5.74) is 0.505. The molecule has 0 aliphatic carbocycles. The number of anilines is 1. The first-order valence-electron chi connectivity index (χ1n) is 7.75. The van der Waals surface area contributed by atoms with Gasteiger partial charge in [-0.2, -0.15) is 0 Å². The number of carbonyl (C=O) groups excluding carboxylic acids is 1. The maximum Gasteiger partial charge on any atom is 0.254 e. The molecule has 2 rings (SSSR count). The van der Waals surface area contributed by atoms with Crippen LogP contribution in [0.3, 0.4) is 0 Å². The van der Waals surface area contributed by atoms with Gasteiger partial charge in [-0.05, 0) is 24.5 Å². The summed E-state index contributed by atoms with van der Waals surface area (Å²) in [6.07, 6.45) is 4.72. The van der Waals surface area contributed by atoms with Crippen LogP contribution in [0.5, 0.6) is 0 Å². The number of amides is 1. The van der Waals surface area contributed by atoms with E-state index in [1.54, 1.807) is 25.4 Å². The molecule has 0 spiro atoms. The van der Waals surface area contributed by atoms with Crippen molar-refractivity contribution in [2.45, 2.75) is 25.8 Å². The molecule has 1 saturated heterocycles. The van der Waals surface area contributed by atoms with Crippen molar-refractivity contribution in [3.8, 4) is 0 Å². The second kappa shape index (κ2) is 7.27. The lowest BCUT2D eigenvalue weighted by molar-refractivity contribution is 0.0963. The van der Waals surface area contributed by atoms with Gasteiger partial charge in [-0.15, -0.1) is 0 Å². The van der Waals surface area contributed by atoms with Crippen molar-refractivity contribution in [3.05, 3.63) is 23.9 Å². The first-order chi connectivity index (χ1) is 10.9. The van der Waals surface area contributed by atoms with E-state index in [1.807, 2.05) is 4.90 Å². The topological polar surface area (TPSA) is 91.4 Å². The van der Waals surface area contributed by atoms with E-state index in [0.29, 0.717) is 24.5 Å². The molecule has 2 atom stereocenters. The summed E-state index contributed by atoms with van der Waals surface area (Å²) in [6.45, 7) is 3.28. The summed E-state index contributed by atoms with van der Waals surface area (Å²) in [7, 11) is -1.69. The highest BCUT2D eigenvalue weighted by molar-refractivity contribution is 7.88. The molecular formula is C15H24N4O3S. The van der Waals surface area contributed by atoms with Gasteiger partial charge in [-0.1, -0.05) is 13.3 Å². The Bertz CT molecular complexity index is 662. The number of hydrogen-bond donors (Lipinski definition) is 2. The van der Waals surface area contributed by atoms with E-state index < -0.39 is 10.0 Å². The molecule has 2 heterocycles. The van der Waals surface area contributed by atoms with Crippen LogP contribution in [-0.2, 0) is 10.0 Å². The number of nitrogens with zero attached hydrogens (tertiary/aromatic N) is 2. The summed E-state index contributed by atoms with van der Waals surface area (Å²) in [4.78, 5) is 18.4. The largest absolute Gasteiger partial charge is 0.355 e. The monoisotopic (exact) mass is 340 g/mol. The lowest BCUT2D eigenvalue weighted by atomic mass is 9.99. The lowest BCUT2D eigenvalue weighted by Gasteiger charge is -2.20. The molecule has 1 fully saturated rings. The lowest BCUT2D eigenvalue weighted by Crippen LogP contribution is -2.40. The molecule has 0 radical (unpaired) electrons. The van der Waals surface area contributed by atoms with Gasteiger partial charge in [-0.3, -0.25) is 4.79 Å². The van der Waals surface area contributed by atoms with Crippen LogP contribution >= 0.6 is 0 Å². The molecular weight excluding hydrogens is 316 g/mol. The zero-order valence-corrected chi connectivity index (χ0v) is 14.6. The van der Waals surface area contributed by atoms with Crippen LogP contribution in [0.15, 0.2) is 18.3 Å². The zero-order chi connectivity index (χ0) is 17.0. The van der Waals surface area contributed by atoms with Gasteiger partial charge in [0, 0.05) is 32.4 Å². The quantitative estimate of drug-likeness (QED) is 0.791. The molecule has 1 aliphatic rings. The average Bonchev–Trinajstić information content (AvgIpc) is 2.87. The van der Waals surface area contributed by atoms with Gasteiger partial charge in [0.25, 0.3) is 5.91 Å². The van der Waals surface area contributed by atoms with Gasteiger partial charge < -0.3 is 10.2 Å². The molecule has 0 bridgehead atoms. The van der Waals surface area contributed by atoms with Gasteiger partial charge in [0.2, 0.25) is 10.0 Å². The molecule has 0 saturated carbocycles. The van der Waals surface area contributed by atoms with Gasteiger partial charge in [0.15, 0.2) is 0 Å². The van der Waals surface area contributed by atoms with Crippen molar-refractivity contribution in [1.82, 2.24) is 15.0 Å². The van der Waals surface area contributed by atoms with E-state index in [1.165, 1.54) is 6.26 Å². The van der Waals surface area contributed by atoms with Crippen LogP contribution in [0.25, 0.3) is 0 Å². The Morgan fingerprint density at radius 3 is 2.78 bits per heavy atom. The van der Waals surface area contributed by atoms with Crippen LogP contribution < -0.4 is 14.9 Å². The van der Waals surface area contributed by atoms with Gasteiger partial charge in [-0.25, -0.2) is 18.1 Å². The van der Waals surface area contributed by atoms with E-state index >= 15 is 0 Å². The minimum absolute atomic E-state index is 0.163. The Kier molecular flexibility index (Phi) is 5.59. The third kappa shape index (κ3) is 4.42. The standard InChI is InChI=1S/C15H24N4O3S/c1-4-6-11-9-19(10-13(11)18-23(3,21)22)14-12(15(20)16-2)7-5-8-17-14/h5,7-8,11,13,18H,4,6,9-10H2,1-3H3,(H,16,20)/t11-,13-/m1/s1. The number of pyridine rings is 1. The fourth-order valence-electron chi connectivity index (χ4n) is 3.08. The maximum absolute atomic E-state index is 12.0. The summed E-state index contributed by atoms with van der Waals surface area (Å²) < 4.78 is 25.9. The maximum atomic E-state index is 12.0. The van der Waals surface area contributed by atoms with E-state index in [4.69, 9.17) is 0 Å². The van der Waals surface area contributed by atoms with Crippen molar-refractivity contribution >= 4 is 21.7 Å². The highest BCUT2D eigenvalue weighted by atomic mass is 32.2. The SMILES string of the molecule is CCC[C@@H]1CN(c2ncccc2C(=O)NC)C[C@H]1NS(C)(=O)=O. The van der Waals surface area contributed by atoms with Crippen molar-refractivity contribution in [2.75, 3.05) is 31.3 Å². The molecule has 7 nitrogen and oxygen atoms in total. The van der Waals surface area contributed by atoms with E-state index in [2.05, 4.69) is 21.9 Å². The third-order valence-corrected chi connectivity index (χ3v) is 4.75. The predicted octanol–water partition coefficient (Wildman–Crippen LogP) is 0.595. The average molecular weight is 340 g/mol. The number of rotatable bonds is 6. The van der Waals surface area contributed by atoms with E-state index in [0.717, 1.165) is 12.8 Å². The summed E-state index contributed by atoms with van der Waals surface area (Å²) in [5.74, 6) is 0.611. The first kappa shape index (κ1) is 17.7. The molecule has 1 aromatic heterocycles. The highest BCUT2D eigenvalue weighted by Crippen LogP contribution is 2.28. The Morgan fingerprint density at radius 1 is 1.43 bits per heavy atom. The second-order valence-electron chi connectivity index (χ2n) is 5.90. The molecule has 1 aromatic rings. The molecule has 23 heavy (non-hydrogen) atoms. The fourth-order valence-corrected chi connectivity index (χ4v) is 3.89. The van der Waals surface area contributed by atoms with Crippen LogP contribution in [-0.4, -0.2) is 51.7 Å².